The summed E-state index contributed by atoms with van der Waals surface area (Å²) in [7, 11) is 0. The maximum Gasteiger partial charge on any atom is 0.256 e. The van der Waals surface area contributed by atoms with Crippen LogP contribution in [0.25, 0.3) is 11.0 Å². The fraction of sp³-hybridized carbons (Fsp3) is 0.333. The Kier molecular flexibility index (Phi) is 4.94. The van der Waals surface area contributed by atoms with Gasteiger partial charge in [-0.2, -0.15) is 5.10 Å². The van der Waals surface area contributed by atoms with Gasteiger partial charge >= 0.3 is 0 Å². The van der Waals surface area contributed by atoms with Crippen molar-refractivity contribution in [3.63, 3.8) is 0 Å². The Hall–Kier alpha value is -2.34. The van der Waals surface area contributed by atoms with Crippen molar-refractivity contribution in [2.45, 2.75) is 26.3 Å². The van der Waals surface area contributed by atoms with E-state index in [9.17, 15) is 4.79 Å². The second-order valence-electron chi connectivity index (χ2n) is 5.24. The first kappa shape index (κ1) is 15.1. The van der Waals surface area contributed by atoms with Crippen molar-refractivity contribution in [3.8, 4) is 0 Å². The van der Waals surface area contributed by atoms with E-state index in [2.05, 4.69) is 20.5 Å². The molecule has 0 fully saturated rings. The van der Waals surface area contributed by atoms with E-state index >= 15 is 0 Å². The molecule has 3 N–H and O–H groups in total. The van der Waals surface area contributed by atoms with E-state index in [1.54, 1.807) is 18.6 Å². The lowest BCUT2D eigenvalue weighted by atomic mass is 10.0. The molecule has 6 nitrogen and oxygen atoms in total. The predicted molar refractivity (Wildman–Crippen MR) is 82.7 cm³/mol. The van der Waals surface area contributed by atoms with E-state index in [1.165, 1.54) is 0 Å². The molecule has 0 saturated carbocycles. The molecule has 1 amide bonds. The van der Waals surface area contributed by atoms with Crippen molar-refractivity contribution in [1.82, 2.24) is 15.4 Å². The summed E-state index contributed by atoms with van der Waals surface area (Å²) in [6.07, 6.45) is 5.44. The highest BCUT2D eigenvalue weighted by molar-refractivity contribution is 5.96. The van der Waals surface area contributed by atoms with Crippen LogP contribution in [0, 0.1) is 5.92 Å². The third kappa shape index (κ3) is 4.06. The van der Waals surface area contributed by atoms with Crippen molar-refractivity contribution in [1.29, 1.82) is 0 Å². The Bertz CT molecular complexity index is 648. The summed E-state index contributed by atoms with van der Waals surface area (Å²) in [6.45, 7) is 4.04. The summed E-state index contributed by atoms with van der Waals surface area (Å²) in [5.41, 5.74) is 10.6. The third-order valence-corrected chi connectivity index (χ3v) is 2.97. The fourth-order valence-corrected chi connectivity index (χ4v) is 1.98. The fourth-order valence-electron chi connectivity index (χ4n) is 1.98. The van der Waals surface area contributed by atoms with E-state index in [1.807, 2.05) is 32.0 Å². The topological polar surface area (TPSA) is 93.3 Å². The van der Waals surface area contributed by atoms with E-state index in [0.29, 0.717) is 12.3 Å². The Morgan fingerprint density at radius 1 is 1.38 bits per heavy atom. The lowest BCUT2D eigenvalue weighted by Crippen LogP contribution is -2.39. The Morgan fingerprint density at radius 2 is 2.14 bits per heavy atom. The molecule has 2 rings (SSSR count). The molecule has 110 valence electrons. The lowest BCUT2D eigenvalue weighted by Gasteiger charge is -2.11. The van der Waals surface area contributed by atoms with E-state index in [4.69, 9.17) is 5.73 Å². The molecule has 1 aromatic carbocycles. The van der Waals surface area contributed by atoms with Gasteiger partial charge in [0.05, 0.1) is 23.3 Å². The van der Waals surface area contributed by atoms with Gasteiger partial charge in [-0.3, -0.25) is 14.8 Å². The van der Waals surface area contributed by atoms with Gasteiger partial charge in [-0.25, -0.2) is 5.43 Å². The van der Waals surface area contributed by atoms with Crippen molar-refractivity contribution in [3.05, 3.63) is 36.2 Å². The SMILES string of the molecule is CC(C)C[C@H](N)C(=O)N/N=C\c1cccc2nccnc12. The lowest BCUT2D eigenvalue weighted by molar-refractivity contribution is -0.122. The molecule has 0 aliphatic carbocycles. The highest BCUT2D eigenvalue weighted by atomic mass is 16.2. The van der Waals surface area contributed by atoms with Crippen LogP contribution in [0.5, 0.6) is 0 Å². The molecule has 0 aliphatic rings. The standard InChI is InChI=1S/C15H19N5O/c1-10(2)8-12(16)15(21)20-19-9-11-4-3-5-13-14(11)18-7-6-17-13/h3-7,9-10,12H,8,16H2,1-2H3,(H,20,21)/b19-9-/t12-/m0/s1. The molecule has 0 unspecified atom stereocenters. The van der Waals surface area contributed by atoms with Crippen LogP contribution in [-0.2, 0) is 4.79 Å². The Morgan fingerprint density at radius 3 is 2.90 bits per heavy atom. The van der Waals surface area contributed by atoms with Gasteiger partial charge in [-0.1, -0.05) is 26.0 Å². The monoisotopic (exact) mass is 285 g/mol. The predicted octanol–water partition coefficient (Wildman–Crippen LogP) is 1.45. The second-order valence-corrected chi connectivity index (χ2v) is 5.24. The average molecular weight is 285 g/mol. The number of nitrogens with two attached hydrogens (primary N) is 1. The van der Waals surface area contributed by atoms with E-state index in [-0.39, 0.29) is 5.91 Å². The first-order chi connectivity index (χ1) is 10.1. The van der Waals surface area contributed by atoms with Crippen molar-refractivity contribution < 1.29 is 4.79 Å². The van der Waals surface area contributed by atoms with Crippen LogP contribution in [0.4, 0.5) is 0 Å². The molecule has 1 aromatic heterocycles. The van der Waals surface area contributed by atoms with Crippen LogP contribution in [0.3, 0.4) is 0 Å². The van der Waals surface area contributed by atoms with Crippen LogP contribution in [-0.4, -0.2) is 28.1 Å². The summed E-state index contributed by atoms with van der Waals surface area (Å²) in [4.78, 5) is 20.2. The molecule has 21 heavy (non-hydrogen) atoms. The number of carbonyl (C=O) groups is 1. The van der Waals surface area contributed by atoms with Crippen molar-refractivity contribution in [2.75, 3.05) is 0 Å². The number of benzene rings is 1. The van der Waals surface area contributed by atoms with Crippen molar-refractivity contribution in [2.24, 2.45) is 16.8 Å². The number of fused-ring (bicyclic) bond motifs is 1. The third-order valence-electron chi connectivity index (χ3n) is 2.97. The number of rotatable bonds is 5. The number of carbonyl (C=O) groups excluding carboxylic acids is 1. The van der Waals surface area contributed by atoms with Gasteiger partial charge in [-0.05, 0) is 18.4 Å². The Labute approximate surface area is 123 Å². The molecule has 0 bridgehead atoms. The largest absolute Gasteiger partial charge is 0.320 e. The summed E-state index contributed by atoms with van der Waals surface area (Å²) in [5, 5.41) is 3.95. The molecular formula is C15H19N5O. The number of nitrogens with zero attached hydrogens (tertiary/aromatic N) is 3. The zero-order chi connectivity index (χ0) is 15.2. The number of para-hydroxylation sites is 1. The minimum absolute atomic E-state index is 0.286. The summed E-state index contributed by atoms with van der Waals surface area (Å²) < 4.78 is 0. The zero-order valence-corrected chi connectivity index (χ0v) is 12.2. The number of nitrogens with one attached hydrogen (secondary N) is 1. The maximum atomic E-state index is 11.8. The van der Waals surface area contributed by atoms with Gasteiger partial charge in [0.25, 0.3) is 5.91 Å². The van der Waals surface area contributed by atoms with Gasteiger partial charge in [0.2, 0.25) is 0 Å². The first-order valence-electron chi connectivity index (χ1n) is 6.86. The van der Waals surface area contributed by atoms with Gasteiger partial charge in [0, 0.05) is 18.0 Å². The smallest absolute Gasteiger partial charge is 0.256 e. The number of hydrogen-bond acceptors (Lipinski definition) is 5. The summed E-state index contributed by atoms with van der Waals surface area (Å²) in [6, 6.07) is 5.05. The molecule has 1 atom stereocenters. The van der Waals surface area contributed by atoms with E-state index < -0.39 is 6.04 Å². The van der Waals surface area contributed by atoms with Crippen LogP contribution in [0.15, 0.2) is 35.7 Å². The second kappa shape index (κ2) is 6.90. The van der Waals surface area contributed by atoms with Crippen LogP contribution >= 0.6 is 0 Å². The van der Waals surface area contributed by atoms with Crippen LogP contribution in [0.1, 0.15) is 25.8 Å². The van der Waals surface area contributed by atoms with E-state index in [0.717, 1.165) is 16.6 Å². The molecule has 0 radical (unpaired) electrons. The van der Waals surface area contributed by atoms with Crippen molar-refractivity contribution >= 4 is 23.2 Å². The minimum atomic E-state index is -0.547. The number of hydrazone groups is 1. The Balaban J connectivity index is 2.05. The molecule has 2 aromatic rings. The zero-order valence-electron chi connectivity index (χ0n) is 12.2. The van der Waals surface area contributed by atoms with Gasteiger partial charge < -0.3 is 5.73 Å². The number of amides is 1. The highest BCUT2D eigenvalue weighted by Crippen LogP contribution is 2.11. The van der Waals surface area contributed by atoms with Crippen LogP contribution in [0.2, 0.25) is 0 Å². The highest BCUT2D eigenvalue weighted by Gasteiger charge is 2.13. The number of hydrogen-bond donors (Lipinski definition) is 2. The first-order valence-corrected chi connectivity index (χ1v) is 6.86. The molecule has 0 aliphatic heterocycles. The molecular weight excluding hydrogens is 266 g/mol. The van der Waals surface area contributed by atoms with Gasteiger partial charge in [0.1, 0.15) is 0 Å². The molecule has 1 heterocycles. The van der Waals surface area contributed by atoms with Crippen LogP contribution < -0.4 is 11.2 Å². The quantitative estimate of drug-likeness (QED) is 0.642. The number of aromatic nitrogens is 2. The molecule has 6 heteroatoms. The van der Waals surface area contributed by atoms with Gasteiger partial charge in [0.15, 0.2) is 0 Å². The normalized spacial score (nSPS) is 13.0. The molecule has 0 spiro atoms. The summed E-state index contributed by atoms with van der Waals surface area (Å²) in [5.74, 6) is 0.0781. The average Bonchev–Trinajstić information content (AvgIpc) is 2.46. The maximum absolute atomic E-state index is 11.8. The molecule has 0 saturated heterocycles. The summed E-state index contributed by atoms with van der Waals surface area (Å²) >= 11 is 0. The minimum Gasteiger partial charge on any atom is -0.320 e. The van der Waals surface area contributed by atoms with Gasteiger partial charge in [-0.15, -0.1) is 0 Å².